The molecule has 0 bridgehead atoms. The maximum atomic E-state index is 11.3. The second kappa shape index (κ2) is 5.75. The van der Waals surface area contributed by atoms with Crippen molar-refractivity contribution in [3.63, 3.8) is 0 Å². The van der Waals surface area contributed by atoms with Gasteiger partial charge in [0.2, 0.25) is 0 Å². The topological polar surface area (TPSA) is 37.3 Å². The van der Waals surface area contributed by atoms with Gasteiger partial charge < -0.3 is 5.11 Å². The lowest BCUT2D eigenvalue weighted by Crippen LogP contribution is -2.59. The van der Waals surface area contributed by atoms with Crippen molar-refractivity contribution in [2.24, 2.45) is 34.0 Å². The van der Waals surface area contributed by atoms with E-state index >= 15 is 0 Å². The molecule has 0 unspecified atom stereocenters. The summed E-state index contributed by atoms with van der Waals surface area (Å²) >= 11 is 0. The highest BCUT2D eigenvalue weighted by Crippen LogP contribution is 2.71. The Bertz CT molecular complexity index is 577. The summed E-state index contributed by atoms with van der Waals surface area (Å²) in [6.45, 7) is 13.8. The third-order valence-electron chi connectivity index (χ3n) is 8.59. The van der Waals surface area contributed by atoms with Crippen LogP contribution in [0, 0.1) is 34.0 Å². The lowest BCUT2D eigenvalue weighted by atomic mass is 9.38. The van der Waals surface area contributed by atoms with Gasteiger partial charge in [-0.1, -0.05) is 45.1 Å². The van der Waals surface area contributed by atoms with Crippen LogP contribution in [0.25, 0.3) is 0 Å². The molecule has 0 aromatic carbocycles. The fourth-order valence-electron chi connectivity index (χ4n) is 7.04. The molecule has 0 aliphatic heterocycles. The quantitative estimate of drug-likeness (QED) is 0.657. The van der Waals surface area contributed by atoms with Crippen LogP contribution in [-0.2, 0) is 4.79 Å². The highest BCUT2D eigenvalue weighted by Gasteiger charge is 2.63. The minimum Gasteiger partial charge on any atom is -0.481 e. The Balaban J connectivity index is 2.00. The van der Waals surface area contributed by atoms with Gasteiger partial charge in [-0.2, -0.15) is 0 Å². The summed E-state index contributed by atoms with van der Waals surface area (Å²) in [7, 11) is 0. The molecule has 0 amide bonds. The lowest BCUT2D eigenvalue weighted by Gasteiger charge is -2.66. The molecule has 134 valence electrons. The molecular weight excluding hydrogens is 296 g/mol. The molecule has 0 saturated heterocycles. The predicted molar refractivity (Wildman–Crippen MR) is 98.7 cm³/mol. The molecule has 0 aromatic rings. The molecule has 0 spiro atoms. The number of carbonyl (C=O) groups is 1. The third-order valence-corrected chi connectivity index (χ3v) is 8.59. The molecule has 2 saturated carbocycles. The molecule has 24 heavy (non-hydrogen) atoms. The van der Waals surface area contributed by atoms with Gasteiger partial charge in [0, 0.05) is 6.42 Å². The van der Waals surface area contributed by atoms with Gasteiger partial charge in [-0.3, -0.25) is 4.79 Å². The standard InChI is InChI=1S/C22H34O2/c1-15(2)17-10-14-22(5)18(20(17,3)13-11-19(23)24)9-8-16-7-6-12-21(16,22)4/h6-7,16-18H,1,8-14H2,2-5H3,(H,23,24)/t16-,17+,18+,20+,21-,22-/m1/s1. The zero-order chi connectivity index (χ0) is 17.8. The van der Waals surface area contributed by atoms with E-state index in [0.717, 1.165) is 6.42 Å². The normalized spacial score (nSPS) is 47.1. The first-order chi connectivity index (χ1) is 11.1. The summed E-state index contributed by atoms with van der Waals surface area (Å²) < 4.78 is 0. The molecular formula is C22H34O2. The molecule has 3 rings (SSSR count). The number of hydrogen-bond acceptors (Lipinski definition) is 1. The first-order valence-corrected chi connectivity index (χ1v) is 9.69. The maximum Gasteiger partial charge on any atom is 0.303 e. The van der Waals surface area contributed by atoms with Crippen LogP contribution >= 0.6 is 0 Å². The minimum atomic E-state index is -0.661. The van der Waals surface area contributed by atoms with Crippen LogP contribution in [-0.4, -0.2) is 11.1 Å². The highest BCUT2D eigenvalue weighted by atomic mass is 16.4. The summed E-state index contributed by atoms with van der Waals surface area (Å²) in [6.07, 6.45) is 12.0. The molecule has 0 heterocycles. The van der Waals surface area contributed by atoms with Gasteiger partial charge in [0.1, 0.15) is 0 Å². The Morgan fingerprint density at radius 3 is 2.54 bits per heavy atom. The van der Waals surface area contributed by atoms with Crippen LogP contribution < -0.4 is 0 Å². The molecule has 2 fully saturated rings. The van der Waals surface area contributed by atoms with Crippen molar-refractivity contribution < 1.29 is 9.90 Å². The number of rotatable bonds is 4. The monoisotopic (exact) mass is 330 g/mol. The fraction of sp³-hybridized carbons (Fsp3) is 0.773. The van der Waals surface area contributed by atoms with Gasteiger partial charge in [-0.25, -0.2) is 0 Å². The number of hydrogen-bond donors (Lipinski definition) is 1. The van der Waals surface area contributed by atoms with Crippen molar-refractivity contribution in [1.82, 2.24) is 0 Å². The lowest BCUT2D eigenvalue weighted by molar-refractivity contribution is -0.162. The fourth-order valence-corrected chi connectivity index (χ4v) is 7.04. The van der Waals surface area contributed by atoms with Gasteiger partial charge in [-0.05, 0) is 79.4 Å². The highest BCUT2D eigenvalue weighted by molar-refractivity contribution is 5.66. The summed E-state index contributed by atoms with van der Waals surface area (Å²) in [5.74, 6) is 1.11. The van der Waals surface area contributed by atoms with Crippen molar-refractivity contribution in [1.29, 1.82) is 0 Å². The Labute approximate surface area is 147 Å². The summed E-state index contributed by atoms with van der Waals surface area (Å²) in [5.41, 5.74) is 1.97. The van der Waals surface area contributed by atoms with Crippen molar-refractivity contribution in [3.8, 4) is 0 Å². The maximum absolute atomic E-state index is 11.3. The Morgan fingerprint density at radius 1 is 1.21 bits per heavy atom. The molecule has 6 atom stereocenters. The van der Waals surface area contributed by atoms with Crippen LogP contribution in [0.5, 0.6) is 0 Å². The number of carboxylic acids is 1. The number of aliphatic carboxylic acids is 1. The third kappa shape index (κ3) is 2.32. The molecule has 2 heteroatoms. The van der Waals surface area contributed by atoms with E-state index in [1.165, 1.54) is 37.7 Å². The van der Waals surface area contributed by atoms with Crippen LogP contribution in [0.3, 0.4) is 0 Å². The van der Waals surface area contributed by atoms with E-state index in [0.29, 0.717) is 28.6 Å². The van der Waals surface area contributed by atoms with Crippen molar-refractivity contribution >= 4 is 5.97 Å². The molecule has 3 aliphatic carbocycles. The SMILES string of the molecule is C=C(C)[C@@H]1CC[C@]2(C)[C@@H](CC[C@H]3C=CC[C@]32C)[C@@]1(C)CCC(=O)O. The van der Waals surface area contributed by atoms with Crippen LogP contribution in [0.4, 0.5) is 0 Å². The summed E-state index contributed by atoms with van der Waals surface area (Å²) in [6, 6.07) is 0. The van der Waals surface area contributed by atoms with E-state index in [1.807, 2.05) is 0 Å². The van der Waals surface area contributed by atoms with Gasteiger partial charge in [0.25, 0.3) is 0 Å². The average molecular weight is 331 g/mol. The zero-order valence-electron chi connectivity index (χ0n) is 15.9. The Hall–Kier alpha value is -1.05. The summed E-state index contributed by atoms with van der Waals surface area (Å²) in [5, 5.41) is 9.31. The van der Waals surface area contributed by atoms with Crippen LogP contribution in [0.2, 0.25) is 0 Å². The second-order valence-corrected chi connectivity index (χ2v) is 9.54. The second-order valence-electron chi connectivity index (χ2n) is 9.54. The molecule has 0 aromatic heterocycles. The van der Waals surface area contributed by atoms with E-state index in [-0.39, 0.29) is 11.8 Å². The largest absolute Gasteiger partial charge is 0.481 e. The molecule has 3 aliphatic rings. The predicted octanol–water partition coefficient (Wildman–Crippen LogP) is 5.84. The van der Waals surface area contributed by atoms with Crippen molar-refractivity contribution in [3.05, 3.63) is 24.3 Å². The van der Waals surface area contributed by atoms with E-state index in [4.69, 9.17) is 0 Å². The van der Waals surface area contributed by atoms with Crippen LogP contribution in [0.15, 0.2) is 24.3 Å². The molecule has 1 N–H and O–H groups in total. The molecule has 0 radical (unpaired) electrons. The van der Waals surface area contributed by atoms with E-state index in [2.05, 4.69) is 46.4 Å². The number of carboxylic acid groups (broad SMARTS) is 1. The Morgan fingerprint density at radius 2 is 1.92 bits per heavy atom. The first-order valence-electron chi connectivity index (χ1n) is 9.69. The minimum absolute atomic E-state index is 0.0633. The van der Waals surface area contributed by atoms with Gasteiger partial charge >= 0.3 is 5.97 Å². The van der Waals surface area contributed by atoms with Gasteiger partial charge in [0.15, 0.2) is 0 Å². The van der Waals surface area contributed by atoms with Gasteiger partial charge in [0.05, 0.1) is 0 Å². The molecule has 2 nitrogen and oxygen atoms in total. The van der Waals surface area contributed by atoms with E-state index in [9.17, 15) is 9.90 Å². The van der Waals surface area contributed by atoms with E-state index in [1.54, 1.807) is 0 Å². The van der Waals surface area contributed by atoms with Crippen molar-refractivity contribution in [2.45, 2.75) is 72.6 Å². The first kappa shape index (κ1) is 17.8. The smallest absolute Gasteiger partial charge is 0.303 e. The van der Waals surface area contributed by atoms with Gasteiger partial charge in [-0.15, -0.1) is 0 Å². The Kier molecular flexibility index (Phi) is 4.25. The van der Waals surface area contributed by atoms with E-state index < -0.39 is 5.97 Å². The number of allylic oxidation sites excluding steroid dienone is 3. The average Bonchev–Trinajstić information content (AvgIpc) is 2.88. The zero-order valence-corrected chi connectivity index (χ0v) is 15.9. The number of fused-ring (bicyclic) bond motifs is 3. The summed E-state index contributed by atoms with van der Waals surface area (Å²) in [4.78, 5) is 11.3. The van der Waals surface area contributed by atoms with Crippen LogP contribution in [0.1, 0.15) is 72.6 Å². The van der Waals surface area contributed by atoms with Crippen molar-refractivity contribution in [2.75, 3.05) is 0 Å².